The summed E-state index contributed by atoms with van der Waals surface area (Å²) in [5.41, 5.74) is 0. The Labute approximate surface area is 108 Å². The van der Waals surface area contributed by atoms with Crippen LogP contribution in [-0.2, 0) is 9.53 Å². The lowest BCUT2D eigenvalue weighted by molar-refractivity contribution is -0.123. The van der Waals surface area contributed by atoms with Crippen LogP contribution in [0.25, 0.3) is 0 Å². The number of carbonyl (C=O) groups is 1. The minimum absolute atomic E-state index is 0.0175. The first kappa shape index (κ1) is 13.8. The Morgan fingerprint density at radius 3 is 2.94 bits per heavy atom. The van der Waals surface area contributed by atoms with Gasteiger partial charge in [0.05, 0.1) is 25.4 Å². The molecule has 2 aliphatic rings. The molecular weight excluding hydrogens is 232 g/mol. The predicted molar refractivity (Wildman–Crippen MR) is 68.2 cm³/mol. The normalized spacial score (nSPS) is 33.7. The van der Waals surface area contributed by atoms with E-state index >= 15 is 0 Å². The van der Waals surface area contributed by atoms with Crippen LogP contribution in [0.15, 0.2) is 0 Å². The van der Waals surface area contributed by atoms with Crippen LogP contribution in [-0.4, -0.2) is 49.0 Å². The van der Waals surface area contributed by atoms with Gasteiger partial charge < -0.3 is 20.5 Å². The van der Waals surface area contributed by atoms with E-state index in [0.717, 1.165) is 45.3 Å². The minimum Gasteiger partial charge on any atom is -0.391 e. The second kappa shape index (κ2) is 7.07. The lowest BCUT2D eigenvalue weighted by atomic mass is 10.1. The fourth-order valence-electron chi connectivity index (χ4n) is 2.70. The van der Waals surface area contributed by atoms with Crippen molar-refractivity contribution in [3.05, 3.63) is 0 Å². The van der Waals surface area contributed by atoms with Crippen molar-refractivity contribution < 1.29 is 14.6 Å². The molecule has 3 N–H and O–H groups in total. The first-order valence-electron chi connectivity index (χ1n) is 7.04. The molecule has 5 nitrogen and oxygen atoms in total. The summed E-state index contributed by atoms with van der Waals surface area (Å²) >= 11 is 0. The average Bonchev–Trinajstić information content (AvgIpc) is 2.56. The van der Waals surface area contributed by atoms with Gasteiger partial charge in [0.25, 0.3) is 0 Å². The summed E-state index contributed by atoms with van der Waals surface area (Å²) in [4.78, 5) is 11.9. The predicted octanol–water partition coefficient (Wildman–Crippen LogP) is 0.175. The van der Waals surface area contributed by atoms with Crippen LogP contribution in [0.2, 0.25) is 0 Å². The molecule has 1 aliphatic heterocycles. The van der Waals surface area contributed by atoms with Gasteiger partial charge in [-0.2, -0.15) is 0 Å². The van der Waals surface area contributed by atoms with Gasteiger partial charge in [-0.25, -0.2) is 0 Å². The number of aliphatic hydroxyl groups is 1. The Bertz CT molecular complexity index is 267. The lowest BCUT2D eigenvalue weighted by Crippen LogP contribution is -2.48. The number of ether oxygens (including phenoxy) is 1. The molecule has 3 atom stereocenters. The van der Waals surface area contributed by atoms with Gasteiger partial charge in [0.2, 0.25) is 5.91 Å². The smallest absolute Gasteiger partial charge is 0.221 e. The highest BCUT2D eigenvalue weighted by molar-refractivity contribution is 5.77. The van der Waals surface area contributed by atoms with Crippen LogP contribution >= 0.6 is 0 Å². The fourth-order valence-corrected chi connectivity index (χ4v) is 2.70. The van der Waals surface area contributed by atoms with E-state index in [-0.39, 0.29) is 24.1 Å². The van der Waals surface area contributed by atoms with Crippen LogP contribution in [0.1, 0.15) is 38.5 Å². The zero-order valence-corrected chi connectivity index (χ0v) is 10.9. The highest BCUT2D eigenvalue weighted by Gasteiger charge is 2.24. The molecule has 0 aromatic rings. The van der Waals surface area contributed by atoms with E-state index in [9.17, 15) is 9.90 Å². The number of hydrogen-bond donors (Lipinski definition) is 3. The molecule has 0 bridgehead atoms. The second-order valence-corrected chi connectivity index (χ2v) is 5.31. The Balaban J connectivity index is 1.74. The van der Waals surface area contributed by atoms with Crippen molar-refractivity contribution in [1.82, 2.24) is 10.6 Å². The standard InChI is InChI=1S/C13H24N2O3/c16-12-5-3-1-2-4-11(12)15-13(17)8-10-9-18-7-6-14-10/h10-12,14,16H,1-9H2,(H,15,17). The maximum absolute atomic E-state index is 11.9. The van der Waals surface area contributed by atoms with Gasteiger partial charge in [0.15, 0.2) is 0 Å². The third-order valence-electron chi connectivity index (χ3n) is 3.76. The van der Waals surface area contributed by atoms with Gasteiger partial charge >= 0.3 is 0 Å². The summed E-state index contributed by atoms with van der Waals surface area (Å²) in [5, 5.41) is 16.2. The number of nitrogens with one attached hydrogen (secondary N) is 2. The lowest BCUT2D eigenvalue weighted by Gasteiger charge is -2.26. The summed E-state index contributed by atoms with van der Waals surface area (Å²) < 4.78 is 5.32. The van der Waals surface area contributed by atoms with Gasteiger partial charge in [-0.3, -0.25) is 4.79 Å². The second-order valence-electron chi connectivity index (χ2n) is 5.31. The summed E-state index contributed by atoms with van der Waals surface area (Å²) in [6, 6.07) is 0.0474. The third-order valence-corrected chi connectivity index (χ3v) is 3.76. The van der Waals surface area contributed by atoms with Gasteiger partial charge in [0.1, 0.15) is 0 Å². The number of aliphatic hydroxyl groups excluding tert-OH is 1. The molecule has 0 aromatic carbocycles. The molecule has 104 valence electrons. The van der Waals surface area contributed by atoms with Gasteiger partial charge in [0, 0.05) is 19.0 Å². The van der Waals surface area contributed by atoms with Crippen LogP contribution < -0.4 is 10.6 Å². The van der Waals surface area contributed by atoms with Gasteiger partial charge in [-0.1, -0.05) is 19.3 Å². The number of carbonyl (C=O) groups excluding carboxylic acids is 1. The number of rotatable bonds is 3. The zero-order chi connectivity index (χ0) is 12.8. The van der Waals surface area contributed by atoms with Crippen molar-refractivity contribution in [2.24, 2.45) is 0 Å². The molecule has 0 aromatic heterocycles. The average molecular weight is 256 g/mol. The van der Waals surface area contributed by atoms with Crippen molar-refractivity contribution in [2.75, 3.05) is 19.8 Å². The van der Waals surface area contributed by atoms with Crippen molar-refractivity contribution in [3.8, 4) is 0 Å². The minimum atomic E-state index is -0.382. The number of morpholine rings is 1. The first-order chi connectivity index (χ1) is 8.75. The largest absolute Gasteiger partial charge is 0.391 e. The number of amides is 1. The molecular formula is C13H24N2O3. The quantitative estimate of drug-likeness (QED) is 0.630. The van der Waals surface area contributed by atoms with Crippen LogP contribution in [0, 0.1) is 0 Å². The maximum atomic E-state index is 11.9. The van der Waals surface area contributed by atoms with Crippen molar-refractivity contribution in [1.29, 1.82) is 0 Å². The Kier molecular flexibility index (Phi) is 5.41. The topological polar surface area (TPSA) is 70.6 Å². The van der Waals surface area contributed by atoms with E-state index in [1.54, 1.807) is 0 Å². The Morgan fingerprint density at radius 2 is 2.17 bits per heavy atom. The van der Waals surface area contributed by atoms with Crippen molar-refractivity contribution >= 4 is 5.91 Å². The summed E-state index contributed by atoms with van der Waals surface area (Å²) in [6.07, 6.45) is 5.05. The number of hydrogen-bond acceptors (Lipinski definition) is 4. The SMILES string of the molecule is O=C(CC1COCCN1)NC1CCCCCC1O. The highest BCUT2D eigenvalue weighted by Crippen LogP contribution is 2.18. The van der Waals surface area contributed by atoms with Gasteiger partial charge in [-0.05, 0) is 12.8 Å². The van der Waals surface area contributed by atoms with Crippen LogP contribution in [0.3, 0.4) is 0 Å². The molecule has 1 heterocycles. The van der Waals surface area contributed by atoms with E-state index < -0.39 is 0 Å². The third kappa shape index (κ3) is 4.23. The molecule has 3 unspecified atom stereocenters. The monoisotopic (exact) mass is 256 g/mol. The molecule has 0 radical (unpaired) electrons. The van der Waals surface area contributed by atoms with E-state index in [2.05, 4.69) is 10.6 Å². The molecule has 1 saturated heterocycles. The van der Waals surface area contributed by atoms with E-state index in [0.29, 0.717) is 13.0 Å². The molecule has 1 amide bonds. The molecule has 2 rings (SSSR count). The highest BCUT2D eigenvalue weighted by atomic mass is 16.5. The van der Waals surface area contributed by atoms with Crippen LogP contribution in [0.5, 0.6) is 0 Å². The van der Waals surface area contributed by atoms with Crippen molar-refractivity contribution in [2.45, 2.75) is 56.7 Å². The Morgan fingerprint density at radius 1 is 1.33 bits per heavy atom. The first-order valence-corrected chi connectivity index (χ1v) is 7.04. The zero-order valence-electron chi connectivity index (χ0n) is 10.9. The van der Waals surface area contributed by atoms with E-state index in [1.807, 2.05) is 0 Å². The van der Waals surface area contributed by atoms with E-state index in [1.165, 1.54) is 0 Å². The summed E-state index contributed by atoms with van der Waals surface area (Å²) in [6.45, 7) is 2.13. The molecule has 1 aliphatic carbocycles. The molecule has 1 saturated carbocycles. The molecule has 2 fully saturated rings. The fraction of sp³-hybridized carbons (Fsp3) is 0.923. The van der Waals surface area contributed by atoms with Crippen LogP contribution in [0.4, 0.5) is 0 Å². The van der Waals surface area contributed by atoms with Gasteiger partial charge in [-0.15, -0.1) is 0 Å². The van der Waals surface area contributed by atoms with E-state index in [4.69, 9.17) is 4.74 Å². The summed E-state index contributed by atoms with van der Waals surface area (Å²) in [7, 11) is 0. The summed E-state index contributed by atoms with van der Waals surface area (Å²) in [5.74, 6) is 0.0175. The molecule has 0 spiro atoms. The molecule has 5 heteroatoms. The molecule has 18 heavy (non-hydrogen) atoms. The Hall–Kier alpha value is -0.650. The maximum Gasteiger partial charge on any atom is 0.221 e. The van der Waals surface area contributed by atoms with Crippen molar-refractivity contribution in [3.63, 3.8) is 0 Å².